The highest BCUT2D eigenvalue weighted by atomic mass is 16.1. The van der Waals surface area contributed by atoms with Gasteiger partial charge in [0.2, 0.25) is 5.91 Å². The number of nitrogens with one attached hydrogen (secondary N) is 2. The molecule has 0 aliphatic rings. The van der Waals surface area contributed by atoms with Crippen molar-refractivity contribution >= 4 is 5.91 Å². The smallest absolute Gasteiger partial charge is 0.219 e. The maximum Gasteiger partial charge on any atom is 0.219 e. The number of rotatable bonds is 26. The van der Waals surface area contributed by atoms with Crippen LogP contribution >= 0.6 is 0 Å². The van der Waals surface area contributed by atoms with Gasteiger partial charge < -0.3 is 16.4 Å². The van der Waals surface area contributed by atoms with Crippen LogP contribution in [0.15, 0.2) is 0 Å². The molecule has 31 heavy (non-hydrogen) atoms. The van der Waals surface area contributed by atoms with Crippen molar-refractivity contribution in [3.05, 3.63) is 0 Å². The molecule has 0 saturated carbocycles. The van der Waals surface area contributed by atoms with Gasteiger partial charge in [-0.2, -0.15) is 0 Å². The molecule has 4 nitrogen and oxygen atoms in total. The van der Waals surface area contributed by atoms with Crippen LogP contribution in [0, 0.1) is 0 Å². The molecular weight excluding hydrogens is 382 g/mol. The molecule has 0 aromatic heterocycles. The van der Waals surface area contributed by atoms with Gasteiger partial charge in [-0.15, -0.1) is 0 Å². The fourth-order valence-corrected chi connectivity index (χ4v) is 4.04. The Hall–Kier alpha value is -0.610. The highest BCUT2D eigenvalue weighted by Crippen LogP contribution is 2.12. The summed E-state index contributed by atoms with van der Waals surface area (Å²) < 4.78 is 0. The number of unbranched alkanes of at least 4 members (excludes halogenated alkanes) is 17. The molecule has 186 valence electrons. The van der Waals surface area contributed by atoms with Gasteiger partial charge >= 0.3 is 0 Å². The van der Waals surface area contributed by atoms with Crippen LogP contribution in [0.5, 0.6) is 0 Å². The molecule has 4 heteroatoms. The number of amides is 1. The molecule has 4 N–H and O–H groups in total. The maximum atomic E-state index is 11.9. The van der Waals surface area contributed by atoms with E-state index in [1.54, 1.807) is 0 Å². The number of carbonyl (C=O) groups excluding carboxylic acids is 1. The lowest BCUT2D eigenvalue weighted by molar-refractivity contribution is -0.121. The number of nitrogens with two attached hydrogens (primary N) is 1. The quantitative estimate of drug-likeness (QED) is 0.129. The highest BCUT2D eigenvalue weighted by Gasteiger charge is 2.00. The minimum atomic E-state index is 0.240. The second kappa shape index (κ2) is 27.4. The normalized spacial score (nSPS) is 11.2. The molecule has 0 aliphatic carbocycles. The van der Waals surface area contributed by atoms with Crippen molar-refractivity contribution in [2.75, 3.05) is 26.2 Å². The Kier molecular flexibility index (Phi) is 26.9. The maximum absolute atomic E-state index is 11.9. The summed E-state index contributed by atoms with van der Waals surface area (Å²) in [4.78, 5) is 11.9. The van der Waals surface area contributed by atoms with Crippen LogP contribution in [-0.4, -0.2) is 32.1 Å². The first-order valence-electron chi connectivity index (χ1n) is 14.0. The third kappa shape index (κ3) is 27.4. The topological polar surface area (TPSA) is 67.2 Å². The molecule has 0 heterocycles. The Balaban J connectivity index is 3.13. The van der Waals surface area contributed by atoms with E-state index >= 15 is 0 Å². The van der Waals surface area contributed by atoms with Gasteiger partial charge in [-0.3, -0.25) is 4.79 Å². The van der Waals surface area contributed by atoms with Crippen molar-refractivity contribution < 1.29 is 4.79 Å². The molecule has 0 aliphatic heterocycles. The van der Waals surface area contributed by atoms with Gasteiger partial charge in [0.1, 0.15) is 0 Å². The number of hydrogen-bond donors (Lipinski definition) is 3. The Morgan fingerprint density at radius 2 is 0.968 bits per heavy atom. The second-order valence-corrected chi connectivity index (χ2v) is 9.36. The molecule has 0 spiro atoms. The van der Waals surface area contributed by atoms with Crippen LogP contribution < -0.4 is 16.4 Å². The fourth-order valence-electron chi connectivity index (χ4n) is 4.04. The lowest BCUT2D eigenvalue weighted by atomic mass is 10.0. The number of carbonyl (C=O) groups is 1. The summed E-state index contributed by atoms with van der Waals surface area (Å²) in [5.41, 5.74) is 5.49. The summed E-state index contributed by atoms with van der Waals surface area (Å²) in [5, 5.41) is 6.57. The summed E-state index contributed by atoms with van der Waals surface area (Å²) in [5.74, 6) is 0.240. The number of hydrogen-bond acceptors (Lipinski definition) is 3. The molecule has 0 atom stereocenters. The van der Waals surface area contributed by atoms with Crippen molar-refractivity contribution in [3.63, 3.8) is 0 Å². The van der Waals surface area contributed by atoms with Crippen molar-refractivity contribution in [3.8, 4) is 0 Å². The minimum absolute atomic E-state index is 0.240. The van der Waals surface area contributed by atoms with Gasteiger partial charge in [-0.05, 0) is 51.7 Å². The van der Waals surface area contributed by atoms with E-state index in [0.29, 0.717) is 6.42 Å². The van der Waals surface area contributed by atoms with E-state index in [1.165, 1.54) is 103 Å². The first-order chi connectivity index (χ1) is 15.3. The van der Waals surface area contributed by atoms with Gasteiger partial charge in [0.25, 0.3) is 0 Å². The molecule has 0 bridgehead atoms. The average Bonchev–Trinajstić information content (AvgIpc) is 2.77. The summed E-state index contributed by atoms with van der Waals surface area (Å²) in [7, 11) is 0. The van der Waals surface area contributed by atoms with E-state index in [-0.39, 0.29) is 5.91 Å². The van der Waals surface area contributed by atoms with Crippen molar-refractivity contribution in [2.24, 2.45) is 5.73 Å². The first kappa shape index (κ1) is 30.4. The minimum Gasteiger partial charge on any atom is -0.356 e. The first-order valence-corrected chi connectivity index (χ1v) is 14.0. The van der Waals surface area contributed by atoms with Gasteiger partial charge in [-0.1, -0.05) is 103 Å². The van der Waals surface area contributed by atoms with Crippen molar-refractivity contribution in [2.45, 2.75) is 142 Å². The summed E-state index contributed by atoms with van der Waals surface area (Å²) in [6.45, 7) is 6.12. The zero-order valence-corrected chi connectivity index (χ0v) is 21.2. The molecule has 0 rings (SSSR count). The molecular formula is C27H57N3O. The third-order valence-electron chi connectivity index (χ3n) is 6.17. The molecule has 0 saturated heterocycles. The predicted octanol–water partition coefficient (Wildman–Crippen LogP) is 6.86. The monoisotopic (exact) mass is 439 g/mol. The van der Waals surface area contributed by atoms with Crippen LogP contribution in [0.25, 0.3) is 0 Å². The van der Waals surface area contributed by atoms with Crippen molar-refractivity contribution in [1.29, 1.82) is 0 Å². The van der Waals surface area contributed by atoms with Crippen LogP contribution in [-0.2, 0) is 4.79 Å². The molecule has 0 radical (unpaired) electrons. The highest BCUT2D eigenvalue weighted by molar-refractivity contribution is 5.75. The lowest BCUT2D eigenvalue weighted by Gasteiger charge is -2.06. The SMILES string of the molecule is CCCCCCCCCCCCCCCCNC(=O)CCCCCNCCCCCN. The average molecular weight is 440 g/mol. The Labute approximate surface area is 195 Å². The van der Waals surface area contributed by atoms with E-state index in [4.69, 9.17) is 5.73 Å². The lowest BCUT2D eigenvalue weighted by Crippen LogP contribution is -2.24. The third-order valence-corrected chi connectivity index (χ3v) is 6.17. The predicted molar refractivity (Wildman–Crippen MR) is 138 cm³/mol. The Bertz CT molecular complexity index is 349. The molecule has 0 unspecified atom stereocenters. The van der Waals surface area contributed by atoms with Gasteiger partial charge in [0, 0.05) is 13.0 Å². The van der Waals surface area contributed by atoms with E-state index in [0.717, 1.165) is 51.9 Å². The Morgan fingerprint density at radius 3 is 1.48 bits per heavy atom. The molecule has 1 amide bonds. The zero-order chi connectivity index (χ0) is 22.7. The van der Waals surface area contributed by atoms with Crippen LogP contribution in [0.1, 0.15) is 142 Å². The van der Waals surface area contributed by atoms with Crippen LogP contribution in [0.4, 0.5) is 0 Å². The molecule has 0 aromatic carbocycles. The summed E-state index contributed by atoms with van der Waals surface area (Å²) in [6, 6.07) is 0. The summed E-state index contributed by atoms with van der Waals surface area (Å²) in [6.07, 6.45) is 26.9. The van der Waals surface area contributed by atoms with Crippen LogP contribution in [0.2, 0.25) is 0 Å². The van der Waals surface area contributed by atoms with Gasteiger partial charge in [0.05, 0.1) is 0 Å². The standard InChI is InChI=1S/C27H57N3O/c1-2-3-4-5-6-7-8-9-10-11-12-13-14-21-26-30-27(31)22-17-15-19-24-29-25-20-16-18-23-28/h29H,2-26,28H2,1H3,(H,30,31). The van der Waals surface area contributed by atoms with Crippen LogP contribution in [0.3, 0.4) is 0 Å². The zero-order valence-electron chi connectivity index (χ0n) is 21.2. The largest absolute Gasteiger partial charge is 0.356 e. The van der Waals surface area contributed by atoms with E-state index in [2.05, 4.69) is 17.6 Å². The molecule has 0 aromatic rings. The van der Waals surface area contributed by atoms with E-state index in [9.17, 15) is 4.79 Å². The van der Waals surface area contributed by atoms with Gasteiger partial charge in [-0.25, -0.2) is 0 Å². The second-order valence-electron chi connectivity index (χ2n) is 9.36. The Morgan fingerprint density at radius 1 is 0.548 bits per heavy atom. The summed E-state index contributed by atoms with van der Waals surface area (Å²) >= 11 is 0. The van der Waals surface area contributed by atoms with Crippen molar-refractivity contribution in [1.82, 2.24) is 10.6 Å². The van der Waals surface area contributed by atoms with E-state index in [1.807, 2.05) is 0 Å². The van der Waals surface area contributed by atoms with Gasteiger partial charge in [0.15, 0.2) is 0 Å². The van der Waals surface area contributed by atoms with E-state index < -0.39 is 0 Å². The molecule has 0 fully saturated rings. The fraction of sp³-hybridized carbons (Fsp3) is 0.963.